The van der Waals surface area contributed by atoms with Gasteiger partial charge in [-0.25, -0.2) is 0 Å². The summed E-state index contributed by atoms with van der Waals surface area (Å²) in [7, 11) is 0. The van der Waals surface area contributed by atoms with E-state index in [1.807, 2.05) is 0 Å². The molecule has 0 bridgehead atoms. The average molecular weight is 541 g/mol. The molecule has 0 rings (SSSR count). The number of aliphatic hydroxyl groups excluding tert-OH is 5. The van der Waals surface area contributed by atoms with Crippen LogP contribution < -0.4 is 0 Å². The minimum atomic E-state index is 0. The van der Waals surface area contributed by atoms with Crippen molar-refractivity contribution in [2.45, 2.75) is 32.1 Å². The second-order valence-corrected chi connectivity index (χ2v) is 4.00. The van der Waals surface area contributed by atoms with Gasteiger partial charge >= 0.3 is 0 Å². The quantitative estimate of drug-likeness (QED) is 0.274. The van der Waals surface area contributed by atoms with Gasteiger partial charge in [-0.1, -0.05) is 30.4 Å². The second-order valence-electron chi connectivity index (χ2n) is 4.00. The first-order valence-electron chi connectivity index (χ1n) is 8.16. The predicted octanol–water partition coefficient (Wildman–Crippen LogP) is 2.77. The molecule has 26 heavy (non-hydrogen) atoms. The van der Waals surface area contributed by atoms with Gasteiger partial charge in [0, 0.05) is 55.4 Å². The fourth-order valence-corrected chi connectivity index (χ4v) is 0.456. The molecule has 155 valence electrons. The Morgan fingerprint density at radius 2 is 0.500 bits per heavy atom. The summed E-state index contributed by atoms with van der Waals surface area (Å²) < 4.78 is 0. The van der Waals surface area contributed by atoms with Gasteiger partial charge < -0.3 is 25.5 Å². The molecule has 0 heterocycles. The summed E-state index contributed by atoms with van der Waals surface area (Å²) >= 11 is 0. The number of aliphatic hydroxyl groups is 5. The molecule has 0 saturated heterocycles. The Hall–Kier alpha value is -0.760. The Morgan fingerprint density at radius 1 is 0.385 bits per heavy atom. The Kier molecular flexibility index (Phi) is 99.5. The van der Waals surface area contributed by atoms with Gasteiger partial charge in [0.25, 0.3) is 0 Å². The van der Waals surface area contributed by atoms with E-state index in [0.29, 0.717) is 32.1 Å². The van der Waals surface area contributed by atoms with E-state index in [9.17, 15) is 0 Å². The first kappa shape index (κ1) is 40.1. The summed E-state index contributed by atoms with van der Waals surface area (Å²) in [4.78, 5) is 0. The van der Waals surface area contributed by atoms with E-state index in [1.165, 1.54) is 0 Å². The van der Waals surface area contributed by atoms with E-state index < -0.39 is 0 Å². The zero-order valence-electron chi connectivity index (χ0n) is 16.2. The third kappa shape index (κ3) is 135. The van der Waals surface area contributed by atoms with Crippen LogP contribution in [0.4, 0.5) is 0 Å². The predicted molar refractivity (Wildman–Crippen MR) is 109 cm³/mol. The Morgan fingerprint density at radius 3 is 0.500 bits per heavy atom. The van der Waals surface area contributed by atoms with E-state index in [4.69, 9.17) is 25.5 Å². The van der Waals surface area contributed by atoms with E-state index >= 15 is 0 Å². The van der Waals surface area contributed by atoms with Gasteiger partial charge in [0.15, 0.2) is 0 Å². The average Bonchev–Trinajstić information content (AvgIpc) is 2.61. The van der Waals surface area contributed by atoms with Gasteiger partial charge in [-0.15, -0.1) is 32.9 Å². The normalized spacial score (nSPS) is 7.12. The maximum Gasteiger partial charge on any atom is 0.0465 e. The van der Waals surface area contributed by atoms with Gasteiger partial charge in [0.1, 0.15) is 0 Å². The number of hydrogen-bond acceptors (Lipinski definition) is 5. The molecule has 0 saturated carbocycles. The molecule has 0 aromatic heterocycles. The van der Waals surface area contributed by atoms with Gasteiger partial charge in [0.2, 0.25) is 0 Å². The summed E-state index contributed by atoms with van der Waals surface area (Å²) in [5.41, 5.74) is 0. The van der Waals surface area contributed by atoms with Crippen LogP contribution in [0.1, 0.15) is 32.1 Å². The maximum atomic E-state index is 8.00. The van der Waals surface area contributed by atoms with Crippen LogP contribution in [-0.4, -0.2) is 58.6 Å². The van der Waals surface area contributed by atoms with E-state index in [2.05, 4.69) is 32.9 Å². The molecular formula is C20H40O5Ta. The van der Waals surface area contributed by atoms with Crippen LogP contribution in [0, 0.1) is 0 Å². The fraction of sp³-hybridized carbons (Fsp3) is 0.500. The zero-order valence-corrected chi connectivity index (χ0v) is 19.4. The van der Waals surface area contributed by atoms with Gasteiger partial charge in [-0.2, -0.15) is 0 Å². The first-order chi connectivity index (χ1) is 12.1. The van der Waals surface area contributed by atoms with Crippen LogP contribution in [0.25, 0.3) is 0 Å². The van der Waals surface area contributed by atoms with Crippen molar-refractivity contribution in [2.24, 2.45) is 0 Å². The van der Waals surface area contributed by atoms with E-state index in [-0.39, 0.29) is 55.4 Å². The molecule has 0 aliphatic heterocycles. The summed E-state index contributed by atoms with van der Waals surface area (Å²) in [6.45, 7) is 18.1. The van der Waals surface area contributed by atoms with Gasteiger partial charge in [-0.05, 0) is 32.1 Å². The minimum Gasteiger partial charge on any atom is -0.396 e. The molecule has 0 aromatic rings. The Bertz CT molecular complexity index is 188. The Labute approximate surface area is 176 Å². The zero-order chi connectivity index (χ0) is 20.6. The molecule has 0 unspecified atom stereocenters. The topological polar surface area (TPSA) is 101 Å². The second kappa shape index (κ2) is 64.6. The van der Waals surface area contributed by atoms with Crippen LogP contribution in [-0.2, 0) is 22.4 Å². The molecule has 0 fully saturated rings. The third-order valence-electron chi connectivity index (χ3n) is 1.67. The summed E-state index contributed by atoms with van der Waals surface area (Å²) in [6, 6.07) is 0. The summed E-state index contributed by atoms with van der Waals surface area (Å²) in [5, 5.41) is 40.0. The van der Waals surface area contributed by atoms with Crippen molar-refractivity contribution in [1.29, 1.82) is 0 Å². The molecule has 0 spiro atoms. The van der Waals surface area contributed by atoms with Gasteiger partial charge in [0.05, 0.1) is 0 Å². The molecule has 5 N–H and O–H groups in total. The molecule has 0 aliphatic rings. The van der Waals surface area contributed by atoms with E-state index in [1.54, 1.807) is 30.4 Å². The van der Waals surface area contributed by atoms with Crippen molar-refractivity contribution in [3.8, 4) is 0 Å². The molecule has 6 heteroatoms. The van der Waals surface area contributed by atoms with Crippen LogP contribution >= 0.6 is 0 Å². The molecule has 0 aromatic carbocycles. The minimum absolute atomic E-state index is 0. The first-order valence-corrected chi connectivity index (χ1v) is 8.16. The fourth-order valence-electron chi connectivity index (χ4n) is 0.456. The van der Waals surface area contributed by atoms with Crippen molar-refractivity contribution in [1.82, 2.24) is 0 Å². The maximum absolute atomic E-state index is 8.00. The Balaban J connectivity index is -0.0000000476. The summed E-state index contributed by atoms with van der Waals surface area (Å²) in [5.74, 6) is 0. The van der Waals surface area contributed by atoms with Crippen LogP contribution in [0.3, 0.4) is 0 Å². The molecular weight excluding hydrogens is 501 g/mol. The van der Waals surface area contributed by atoms with Crippen molar-refractivity contribution in [3.63, 3.8) is 0 Å². The SMILES string of the molecule is C=CCCO.C=CCCO.C=CCCO.C=CCCO.C=CCCO.[Ta]. The third-order valence-corrected chi connectivity index (χ3v) is 1.67. The van der Waals surface area contributed by atoms with Crippen molar-refractivity contribution >= 4 is 0 Å². The van der Waals surface area contributed by atoms with Crippen molar-refractivity contribution in [3.05, 3.63) is 63.3 Å². The molecule has 5 nitrogen and oxygen atoms in total. The molecule has 1 radical (unpaired) electrons. The smallest absolute Gasteiger partial charge is 0.0465 e. The van der Waals surface area contributed by atoms with Crippen LogP contribution in [0.5, 0.6) is 0 Å². The molecule has 0 aliphatic carbocycles. The summed E-state index contributed by atoms with van der Waals surface area (Å²) in [6.07, 6.45) is 11.9. The molecule has 0 amide bonds. The van der Waals surface area contributed by atoms with Crippen molar-refractivity contribution in [2.75, 3.05) is 33.0 Å². The van der Waals surface area contributed by atoms with Crippen molar-refractivity contribution < 1.29 is 47.9 Å². The largest absolute Gasteiger partial charge is 0.396 e. The van der Waals surface area contributed by atoms with Gasteiger partial charge in [-0.3, -0.25) is 0 Å². The van der Waals surface area contributed by atoms with Crippen LogP contribution in [0.15, 0.2) is 63.3 Å². The monoisotopic (exact) mass is 541 g/mol. The van der Waals surface area contributed by atoms with Crippen LogP contribution in [0.2, 0.25) is 0 Å². The standard InChI is InChI=1S/5C4H8O.Ta/c5*1-2-3-4-5;/h5*2,5H,1,3-4H2;. The number of rotatable bonds is 10. The number of hydrogen-bond donors (Lipinski definition) is 5. The van der Waals surface area contributed by atoms with E-state index in [0.717, 1.165) is 0 Å². The molecule has 0 atom stereocenters.